The summed E-state index contributed by atoms with van der Waals surface area (Å²) in [4.78, 5) is 4.20. The number of nitrogens with zero attached hydrogens (tertiary/aromatic N) is 2. The third-order valence-corrected chi connectivity index (χ3v) is 3.03. The molecule has 78 valence electrons. The van der Waals surface area contributed by atoms with Crippen LogP contribution in [0.4, 0.5) is 5.13 Å². The van der Waals surface area contributed by atoms with Crippen LogP contribution in [0.2, 0.25) is 0 Å². The number of aryl methyl sites for hydroxylation is 1. The average molecular weight is 215 g/mol. The molecule has 1 atom stereocenters. The van der Waals surface area contributed by atoms with Crippen LogP contribution >= 0.6 is 11.5 Å². The number of rotatable bonds is 3. The first-order valence-corrected chi connectivity index (χ1v) is 5.29. The Bertz CT molecular complexity index is 309. The van der Waals surface area contributed by atoms with E-state index in [-0.39, 0.29) is 12.1 Å². The summed E-state index contributed by atoms with van der Waals surface area (Å²) in [7, 11) is 0. The molecule has 1 aromatic rings. The van der Waals surface area contributed by atoms with Gasteiger partial charge in [-0.2, -0.15) is 4.37 Å². The van der Waals surface area contributed by atoms with Crippen molar-refractivity contribution in [3.05, 3.63) is 5.82 Å². The first kappa shape index (κ1) is 9.82. The molecule has 6 heteroatoms. The Kier molecular flexibility index (Phi) is 2.66. The Morgan fingerprint density at radius 3 is 3.07 bits per heavy atom. The van der Waals surface area contributed by atoms with Crippen molar-refractivity contribution in [2.24, 2.45) is 0 Å². The van der Waals surface area contributed by atoms with Crippen LogP contribution in [-0.2, 0) is 4.74 Å². The van der Waals surface area contributed by atoms with Gasteiger partial charge in [0.1, 0.15) is 5.82 Å². The average Bonchev–Trinajstić information content (AvgIpc) is 2.77. The molecule has 1 unspecified atom stereocenters. The first-order chi connectivity index (χ1) is 6.74. The van der Waals surface area contributed by atoms with E-state index in [0.717, 1.165) is 17.4 Å². The van der Waals surface area contributed by atoms with Crippen LogP contribution in [0.3, 0.4) is 0 Å². The summed E-state index contributed by atoms with van der Waals surface area (Å²) in [5.74, 6) is 0.754. The van der Waals surface area contributed by atoms with Crippen LogP contribution in [-0.4, -0.2) is 39.8 Å². The quantitative estimate of drug-likeness (QED) is 0.764. The Morgan fingerprint density at radius 1 is 1.71 bits per heavy atom. The van der Waals surface area contributed by atoms with Crippen LogP contribution in [0.1, 0.15) is 12.2 Å². The maximum absolute atomic E-state index is 9.30. The van der Waals surface area contributed by atoms with Crippen molar-refractivity contribution in [2.75, 3.05) is 25.1 Å². The van der Waals surface area contributed by atoms with Crippen LogP contribution in [0.15, 0.2) is 0 Å². The smallest absolute Gasteiger partial charge is 0.203 e. The van der Waals surface area contributed by atoms with Gasteiger partial charge < -0.3 is 15.2 Å². The van der Waals surface area contributed by atoms with Crippen molar-refractivity contribution < 1.29 is 9.84 Å². The van der Waals surface area contributed by atoms with Crippen molar-refractivity contribution in [1.82, 2.24) is 9.36 Å². The summed E-state index contributed by atoms with van der Waals surface area (Å²) in [5, 5.41) is 13.2. The van der Waals surface area contributed by atoms with Gasteiger partial charge in [-0.1, -0.05) is 0 Å². The van der Waals surface area contributed by atoms with Gasteiger partial charge in [-0.05, 0) is 13.3 Å². The van der Waals surface area contributed by atoms with Crippen molar-refractivity contribution in [3.8, 4) is 0 Å². The number of aliphatic hydroxyl groups is 1. The van der Waals surface area contributed by atoms with Crippen LogP contribution in [0.25, 0.3) is 0 Å². The molecule has 0 aromatic carbocycles. The highest BCUT2D eigenvalue weighted by atomic mass is 32.1. The summed E-state index contributed by atoms with van der Waals surface area (Å²) >= 11 is 1.31. The van der Waals surface area contributed by atoms with Crippen LogP contribution in [0.5, 0.6) is 0 Å². The minimum absolute atomic E-state index is 0.0611. The van der Waals surface area contributed by atoms with Gasteiger partial charge in [0.2, 0.25) is 5.13 Å². The van der Waals surface area contributed by atoms with E-state index in [9.17, 15) is 5.11 Å². The van der Waals surface area contributed by atoms with Crippen LogP contribution < -0.4 is 5.32 Å². The molecule has 1 saturated heterocycles. The Labute approximate surface area is 86.3 Å². The van der Waals surface area contributed by atoms with Gasteiger partial charge in [-0.15, -0.1) is 0 Å². The lowest BCUT2D eigenvalue weighted by Gasteiger charge is -2.25. The molecule has 14 heavy (non-hydrogen) atoms. The van der Waals surface area contributed by atoms with E-state index in [1.165, 1.54) is 11.5 Å². The lowest BCUT2D eigenvalue weighted by molar-refractivity contribution is 0.152. The monoisotopic (exact) mass is 215 g/mol. The lowest BCUT2D eigenvalue weighted by Crippen LogP contribution is -2.42. The third kappa shape index (κ3) is 1.87. The maximum Gasteiger partial charge on any atom is 0.203 e. The predicted octanol–water partition coefficient (Wildman–Crippen LogP) is 0.410. The van der Waals surface area contributed by atoms with Gasteiger partial charge in [0.15, 0.2) is 0 Å². The third-order valence-electron chi connectivity index (χ3n) is 2.31. The van der Waals surface area contributed by atoms with Gasteiger partial charge in [0.25, 0.3) is 0 Å². The molecule has 2 N–H and O–H groups in total. The molecule has 0 saturated carbocycles. The predicted molar refractivity (Wildman–Crippen MR) is 53.5 cm³/mol. The molecular formula is C8H13N3O2S. The summed E-state index contributed by atoms with van der Waals surface area (Å²) in [6, 6.07) is 0. The molecule has 0 spiro atoms. The minimum Gasteiger partial charge on any atom is -0.394 e. The lowest BCUT2D eigenvalue weighted by atomic mass is 10.0. The highest BCUT2D eigenvalue weighted by Crippen LogP contribution is 2.24. The zero-order valence-electron chi connectivity index (χ0n) is 7.99. The number of anilines is 1. The molecule has 1 fully saturated rings. The van der Waals surface area contributed by atoms with E-state index >= 15 is 0 Å². The number of hydrogen-bond donors (Lipinski definition) is 2. The molecule has 0 radical (unpaired) electrons. The second-order valence-corrected chi connectivity index (χ2v) is 4.26. The first-order valence-electron chi connectivity index (χ1n) is 4.51. The van der Waals surface area contributed by atoms with Crippen molar-refractivity contribution >= 4 is 16.7 Å². The molecule has 2 rings (SSSR count). The normalized spacial score (nSPS) is 26.7. The van der Waals surface area contributed by atoms with E-state index in [1.54, 1.807) is 0 Å². The molecule has 5 nitrogen and oxygen atoms in total. The van der Waals surface area contributed by atoms with Gasteiger partial charge in [0, 0.05) is 18.1 Å². The number of aromatic nitrogens is 2. The number of aliphatic hydroxyl groups excluding tert-OH is 1. The topological polar surface area (TPSA) is 67.3 Å². The van der Waals surface area contributed by atoms with E-state index in [1.807, 2.05) is 6.92 Å². The minimum atomic E-state index is -0.355. The SMILES string of the molecule is Cc1nsc(NC2(CO)CCOC2)n1. The zero-order chi connectivity index (χ0) is 10.0. The molecular weight excluding hydrogens is 202 g/mol. The molecule has 1 aromatic heterocycles. The second-order valence-electron chi connectivity index (χ2n) is 3.51. The van der Waals surface area contributed by atoms with Gasteiger partial charge in [-0.3, -0.25) is 0 Å². The summed E-state index contributed by atoms with van der Waals surface area (Å²) in [6.07, 6.45) is 0.808. The summed E-state index contributed by atoms with van der Waals surface area (Å²) < 4.78 is 9.33. The fourth-order valence-corrected chi connectivity index (χ4v) is 2.14. The molecule has 0 bridgehead atoms. The fourth-order valence-electron chi connectivity index (χ4n) is 1.44. The van der Waals surface area contributed by atoms with Crippen LogP contribution in [0, 0.1) is 6.92 Å². The van der Waals surface area contributed by atoms with E-state index in [2.05, 4.69) is 14.7 Å². The van der Waals surface area contributed by atoms with E-state index in [0.29, 0.717) is 13.2 Å². The van der Waals surface area contributed by atoms with E-state index < -0.39 is 0 Å². The Balaban J connectivity index is 2.08. The van der Waals surface area contributed by atoms with Crippen molar-refractivity contribution in [3.63, 3.8) is 0 Å². The van der Waals surface area contributed by atoms with Gasteiger partial charge in [-0.25, -0.2) is 4.98 Å². The largest absolute Gasteiger partial charge is 0.394 e. The Morgan fingerprint density at radius 2 is 2.57 bits per heavy atom. The summed E-state index contributed by atoms with van der Waals surface area (Å²) in [5.41, 5.74) is -0.355. The number of ether oxygens (including phenoxy) is 1. The standard InChI is InChI=1S/C8H13N3O2S/c1-6-9-7(14-11-6)10-8(4-12)2-3-13-5-8/h12H,2-5H2,1H3,(H,9,10,11). The molecule has 0 aliphatic carbocycles. The highest BCUT2D eigenvalue weighted by Gasteiger charge is 2.35. The molecule has 2 heterocycles. The summed E-state index contributed by atoms with van der Waals surface area (Å²) in [6.45, 7) is 3.12. The van der Waals surface area contributed by atoms with Crippen molar-refractivity contribution in [2.45, 2.75) is 18.9 Å². The van der Waals surface area contributed by atoms with Crippen molar-refractivity contribution in [1.29, 1.82) is 0 Å². The number of hydrogen-bond acceptors (Lipinski definition) is 6. The highest BCUT2D eigenvalue weighted by molar-refractivity contribution is 7.09. The second kappa shape index (κ2) is 3.80. The zero-order valence-corrected chi connectivity index (χ0v) is 8.80. The molecule has 1 aliphatic rings. The Hall–Kier alpha value is -0.720. The number of nitrogens with one attached hydrogen (secondary N) is 1. The van der Waals surface area contributed by atoms with Gasteiger partial charge >= 0.3 is 0 Å². The maximum atomic E-state index is 9.30. The van der Waals surface area contributed by atoms with E-state index in [4.69, 9.17) is 4.74 Å². The molecule has 1 aliphatic heterocycles. The molecule has 0 amide bonds. The fraction of sp³-hybridized carbons (Fsp3) is 0.750. The van der Waals surface area contributed by atoms with Gasteiger partial charge in [0.05, 0.1) is 18.8 Å².